The molecule has 0 heterocycles. The number of amides is 1. The lowest BCUT2D eigenvalue weighted by Gasteiger charge is -2.19. The van der Waals surface area contributed by atoms with Crippen LogP contribution < -0.4 is 9.47 Å². The smallest absolute Gasteiger partial charge is 0.223 e. The summed E-state index contributed by atoms with van der Waals surface area (Å²) >= 11 is 0. The van der Waals surface area contributed by atoms with E-state index in [1.165, 1.54) is 4.90 Å². The monoisotopic (exact) mass is 300 g/mol. The second-order valence-corrected chi connectivity index (χ2v) is 4.79. The van der Waals surface area contributed by atoms with Crippen LogP contribution >= 0.6 is 0 Å². The molecular weight excluding hydrogens is 280 g/mol. The van der Waals surface area contributed by atoms with Gasteiger partial charge in [-0.15, -0.1) is 6.42 Å². The van der Waals surface area contributed by atoms with Crippen LogP contribution in [0, 0.1) is 23.7 Å². The Labute approximate surface area is 131 Å². The third-order valence-electron chi connectivity index (χ3n) is 3.33. The summed E-state index contributed by atoms with van der Waals surface area (Å²) in [6, 6.07) is 7.08. The Kier molecular flexibility index (Phi) is 6.79. The van der Waals surface area contributed by atoms with Crippen molar-refractivity contribution in [1.82, 2.24) is 4.90 Å². The van der Waals surface area contributed by atoms with Crippen LogP contribution in [0.4, 0.5) is 0 Å². The molecule has 0 bridgehead atoms. The summed E-state index contributed by atoms with van der Waals surface area (Å²) in [7, 11) is 3.18. The molecule has 0 aliphatic heterocycles. The Morgan fingerprint density at radius 2 is 2.18 bits per heavy atom. The number of nitriles is 1. The molecule has 0 saturated carbocycles. The van der Waals surface area contributed by atoms with E-state index in [4.69, 9.17) is 21.2 Å². The Morgan fingerprint density at radius 1 is 1.45 bits per heavy atom. The predicted molar refractivity (Wildman–Crippen MR) is 83.5 cm³/mol. The third kappa shape index (κ3) is 4.71. The summed E-state index contributed by atoms with van der Waals surface area (Å²) in [6.45, 7) is 1.86. The van der Waals surface area contributed by atoms with Gasteiger partial charge in [-0.3, -0.25) is 4.79 Å². The average molecular weight is 300 g/mol. The van der Waals surface area contributed by atoms with E-state index < -0.39 is 6.04 Å². The van der Waals surface area contributed by atoms with Gasteiger partial charge in [-0.2, -0.15) is 5.26 Å². The molecule has 0 aliphatic carbocycles. The van der Waals surface area contributed by atoms with E-state index >= 15 is 0 Å². The predicted octanol–water partition coefficient (Wildman–Crippen LogP) is 2.01. The number of terminal acetylenes is 1. The molecule has 1 aromatic carbocycles. The van der Waals surface area contributed by atoms with Crippen molar-refractivity contribution in [3.8, 4) is 29.9 Å². The normalized spacial score (nSPS) is 11.0. The molecule has 1 rings (SSSR count). The van der Waals surface area contributed by atoms with Crippen molar-refractivity contribution in [2.75, 3.05) is 20.8 Å². The van der Waals surface area contributed by atoms with Gasteiger partial charge < -0.3 is 14.4 Å². The number of carbonyl (C=O) groups excluding carboxylic acids is 1. The maximum atomic E-state index is 12.0. The number of ether oxygens (including phenoxy) is 2. The second kappa shape index (κ2) is 8.59. The van der Waals surface area contributed by atoms with Gasteiger partial charge in [0.25, 0.3) is 0 Å². The minimum Gasteiger partial charge on any atom is -0.493 e. The van der Waals surface area contributed by atoms with Crippen LogP contribution in [-0.2, 0) is 11.2 Å². The van der Waals surface area contributed by atoms with Gasteiger partial charge in [-0.05, 0) is 31.0 Å². The fraction of sp³-hybridized carbons (Fsp3) is 0.412. The van der Waals surface area contributed by atoms with Gasteiger partial charge in [0.15, 0.2) is 11.5 Å². The van der Waals surface area contributed by atoms with E-state index in [1.807, 2.05) is 18.2 Å². The molecule has 0 spiro atoms. The number of hydrogen-bond donors (Lipinski definition) is 0. The molecule has 116 valence electrons. The lowest BCUT2D eigenvalue weighted by molar-refractivity contribution is -0.130. The molecule has 5 heteroatoms. The second-order valence-electron chi connectivity index (χ2n) is 4.79. The van der Waals surface area contributed by atoms with E-state index in [-0.39, 0.29) is 12.5 Å². The van der Waals surface area contributed by atoms with Crippen LogP contribution in [0.2, 0.25) is 0 Å². The van der Waals surface area contributed by atoms with Gasteiger partial charge in [-0.25, -0.2) is 0 Å². The van der Waals surface area contributed by atoms with Gasteiger partial charge >= 0.3 is 0 Å². The molecule has 1 atom stereocenters. The van der Waals surface area contributed by atoms with Crippen LogP contribution in [0.25, 0.3) is 0 Å². The van der Waals surface area contributed by atoms with Crippen LogP contribution in [0.1, 0.15) is 18.9 Å². The largest absolute Gasteiger partial charge is 0.493 e. The van der Waals surface area contributed by atoms with Crippen molar-refractivity contribution in [3.63, 3.8) is 0 Å². The number of nitrogens with zero attached hydrogens (tertiary/aromatic N) is 2. The Bertz CT molecular complexity index is 599. The summed E-state index contributed by atoms with van der Waals surface area (Å²) in [5, 5.41) is 8.82. The molecule has 0 saturated heterocycles. The number of carbonyl (C=O) groups is 1. The fourth-order valence-corrected chi connectivity index (χ4v) is 1.84. The van der Waals surface area contributed by atoms with Crippen LogP contribution in [0.15, 0.2) is 18.2 Å². The molecule has 1 unspecified atom stereocenters. The van der Waals surface area contributed by atoms with Gasteiger partial charge in [0.05, 0.1) is 13.2 Å². The first-order valence-corrected chi connectivity index (χ1v) is 6.92. The SMILES string of the molecule is C#CCOc1ccc(CCC(=O)N(C)C(C)C#N)cc1OC. The van der Waals surface area contributed by atoms with Gasteiger partial charge in [0, 0.05) is 13.5 Å². The van der Waals surface area contributed by atoms with Crippen molar-refractivity contribution in [1.29, 1.82) is 5.26 Å². The van der Waals surface area contributed by atoms with Crippen molar-refractivity contribution in [3.05, 3.63) is 23.8 Å². The molecule has 0 aromatic heterocycles. The zero-order valence-electron chi connectivity index (χ0n) is 13.1. The maximum absolute atomic E-state index is 12.0. The zero-order valence-corrected chi connectivity index (χ0v) is 13.1. The number of benzene rings is 1. The van der Waals surface area contributed by atoms with Gasteiger partial charge in [-0.1, -0.05) is 12.0 Å². The Hall–Kier alpha value is -2.66. The summed E-state index contributed by atoms with van der Waals surface area (Å²) < 4.78 is 10.6. The van der Waals surface area contributed by atoms with Crippen LogP contribution in [-0.4, -0.2) is 37.6 Å². The molecule has 0 N–H and O–H groups in total. The molecule has 0 fully saturated rings. The van der Waals surface area contributed by atoms with Gasteiger partial charge in [0.1, 0.15) is 12.6 Å². The minimum absolute atomic E-state index is 0.0688. The first-order chi connectivity index (χ1) is 10.5. The highest BCUT2D eigenvalue weighted by Crippen LogP contribution is 2.28. The van der Waals surface area contributed by atoms with Crippen molar-refractivity contribution >= 4 is 5.91 Å². The van der Waals surface area contributed by atoms with Crippen LogP contribution in [0.5, 0.6) is 11.5 Å². The number of rotatable bonds is 7. The third-order valence-corrected chi connectivity index (χ3v) is 3.33. The van der Waals surface area contributed by atoms with Crippen LogP contribution in [0.3, 0.4) is 0 Å². The molecule has 5 nitrogen and oxygen atoms in total. The average Bonchev–Trinajstić information content (AvgIpc) is 2.56. The van der Waals surface area contributed by atoms with E-state index in [2.05, 4.69) is 5.92 Å². The first kappa shape index (κ1) is 17.4. The van der Waals surface area contributed by atoms with E-state index in [0.717, 1.165) is 5.56 Å². The molecule has 0 radical (unpaired) electrons. The molecule has 1 aromatic rings. The standard InChI is InChI=1S/C17H20N2O3/c1-5-10-22-15-8-6-14(11-16(15)21-4)7-9-17(20)19(3)13(2)12-18/h1,6,8,11,13H,7,9-10H2,2-4H3. The van der Waals surface area contributed by atoms with Crippen molar-refractivity contribution in [2.24, 2.45) is 0 Å². The first-order valence-electron chi connectivity index (χ1n) is 6.92. The Balaban J connectivity index is 2.69. The topological polar surface area (TPSA) is 62.6 Å². The highest BCUT2D eigenvalue weighted by Gasteiger charge is 2.15. The molecule has 22 heavy (non-hydrogen) atoms. The Morgan fingerprint density at radius 3 is 2.77 bits per heavy atom. The number of methoxy groups -OCH3 is 1. The molecule has 1 amide bonds. The minimum atomic E-state index is -0.429. The van der Waals surface area contributed by atoms with Crippen molar-refractivity contribution in [2.45, 2.75) is 25.8 Å². The van der Waals surface area contributed by atoms with Crippen molar-refractivity contribution < 1.29 is 14.3 Å². The van der Waals surface area contributed by atoms with E-state index in [9.17, 15) is 4.79 Å². The van der Waals surface area contributed by atoms with E-state index in [0.29, 0.717) is 24.3 Å². The summed E-state index contributed by atoms with van der Waals surface area (Å²) in [5.74, 6) is 3.48. The lowest BCUT2D eigenvalue weighted by atomic mass is 10.1. The number of aryl methyl sites for hydroxylation is 1. The summed E-state index contributed by atoms with van der Waals surface area (Å²) in [5.41, 5.74) is 0.955. The summed E-state index contributed by atoms with van der Waals surface area (Å²) in [6.07, 6.45) is 6.05. The molecular formula is C17H20N2O3. The quantitative estimate of drug-likeness (QED) is 0.723. The zero-order chi connectivity index (χ0) is 16.5. The summed E-state index contributed by atoms with van der Waals surface area (Å²) in [4.78, 5) is 13.4. The highest BCUT2D eigenvalue weighted by molar-refractivity contribution is 5.76. The lowest BCUT2D eigenvalue weighted by Crippen LogP contribution is -2.34. The number of hydrogen-bond acceptors (Lipinski definition) is 4. The maximum Gasteiger partial charge on any atom is 0.223 e. The van der Waals surface area contributed by atoms with E-state index in [1.54, 1.807) is 27.1 Å². The molecule has 0 aliphatic rings. The van der Waals surface area contributed by atoms with Gasteiger partial charge in [0.2, 0.25) is 5.91 Å². The highest BCUT2D eigenvalue weighted by atomic mass is 16.5. The fourth-order valence-electron chi connectivity index (χ4n) is 1.84.